The second-order valence-corrected chi connectivity index (χ2v) is 4.26. The second kappa shape index (κ2) is 6.50. The molecule has 1 aromatic rings. The summed E-state index contributed by atoms with van der Waals surface area (Å²) in [6, 6.07) is 3.38. The summed E-state index contributed by atoms with van der Waals surface area (Å²) in [6.45, 7) is 0. The van der Waals surface area contributed by atoms with Gasteiger partial charge in [-0.3, -0.25) is 0 Å². The number of nitrogens with two attached hydrogens (primary N) is 1. The van der Waals surface area contributed by atoms with Gasteiger partial charge >= 0.3 is 18.7 Å². The van der Waals surface area contributed by atoms with E-state index in [1.807, 2.05) is 0 Å². The molecule has 0 amide bonds. The molecule has 0 aromatic heterocycles. The Hall–Kier alpha value is -1.51. The maximum Gasteiger partial charge on any atom is 0.461 e. The van der Waals surface area contributed by atoms with Crippen molar-refractivity contribution in [2.75, 3.05) is 0 Å². The summed E-state index contributed by atoms with van der Waals surface area (Å²) in [4.78, 5) is 0. The van der Waals surface area contributed by atoms with E-state index in [0.717, 1.165) is 12.1 Å². The molecule has 2 N–H and O–H groups in total. The monoisotopic (exact) mass is 319 g/mol. The predicted octanol–water partition coefficient (Wildman–Crippen LogP) is 4.27. The van der Waals surface area contributed by atoms with E-state index in [9.17, 15) is 30.7 Å². The SMILES string of the molecule is N[C@@H](CCC(F)(F)F)c1ccccc1OC(F)(F)C(F)F. The summed E-state index contributed by atoms with van der Waals surface area (Å²) < 4.78 is 90.1. The van der Waals surface area contributed by atoms with Gasteiger partial charge in [-0.05, 0) is 12.5 Å². The molecule has 0 bridgehead atoms. The van der Waals surface area contributed by atoms with E-state index < -0.39 is 43.3 Å². The first kappa shape index (κ1) is 17.5. The first-order valence-electron chi connectivity index (χ1n) is 5.79. The maximum absolute atomic E-state index is 12.9. The highest BCUT2D eigenvalue weighted by Gasteiger charge is 2.44. The fourth-order valence-corrected chi connectivity index (χ4v) is 1.55. The number of rotatable bonds is 6. The molecule has 0 spiro atoms. The summed E-state index contributed by atoms with van der Waals surface area (Å²) in [6.07, 6.45) is -15.1. The van der Waals surface area contributed by atoms with Gasteiger partial charge in [-0.1, -0.05) is 18.2 Å². The van der Waals surface area contributed by atoms with E-state index in [4.69, 9.17) is 5.73 Å². The normalized spacial score (nSPS) is 14.3. The maximum atomic E-state index is 12.9. The minimum Gasteiger partial charge on any atom is -0.428 e. The third kappa shape index (κ3) is 5.41. The number of alkyl halides is 7. The number of benzene rings is 1. The van der Waals surface area contributed by atoms with Gasteiger partial charge in [0.05, 0.1) is 0 Å². The molecule has 0 heterocycles. The van der Waals surface area contributed by atoms with Gasteiger partial charge in [0.15, 0.2) is 0 Å². The van der Waals surface area contributed by atoms with Crippen LogP contribution in [0.1, 0.15) is 24.4 Å². The largest absolute Gasteiger partial charge is 0.461 e. The quantitative estimate of drug-likeness (QED) is 0.795. The van der Waals surface area contributed by atoms with Gasteiger partial charge in [0, 0.05) is 18.0 Å². The molecule has 0 radical (unpaired) electrons. The molecular formula is C12H12F7NO. The van der Waals surface area contributed by atoms with Gasteiger partial charge in [-0.15, -0.1) is 0 Å². The first-order chi connectivity index (χ1) is 9.53. The highest BCUT2D eigenvalue weighted by Crippen LogP contribution is 2.34. The van der Waals surface area contributed by atoms with Crippen LogP contribution in [0.25, 0.3) is 0 Å². The topological polar surface area (TPSA) is 35.2 Å². The van der Waals surface area contributed by atoms with Gasteiger partial charge in [-0.2, -0.15) is 30.7 Å². The molecule has 1 aromatic carbocycles. The van der Waals surface area contributed by atoms with Gasteiger partial charge in [0.1, 0.15) is 5.75 Å². The lowest BCUT2D eigenvalue weighted by Gasteiger charge is -2.21. The van der Waals surface area contributed by atoms with E-state index in [-0.39, 0.29) is 5.56 Å². The summed E-state index contributed by atoms with van der Waals surface area (Å²) >= 11 is 0. The molecule has 21 heavy (non-hydrogen) atoms. The van der Waals surface area contributed by atoms with E-state index in [2.05, 4.69) is 4.74 Å². The van der Waals surface area contributed by atoms with Crippen LogP contribution in [0.3, 0.4) is 0 Å². The smallest absolute Gasteiger partial charge is 0.428 e. The lowest BCUT2D eigenvalue weighted by molar-refractivity contribution is -0.253. The molecule has 2 nitrogen and oxygen atoms in total. The van der Waals surface area contributed by atoms with Crippen molar-refractivity contribution in [2.24, 2.45) is 5.73 Å². The average Bonchev–Trinajstić information content (AvgIpc) is 2.35. The standard InChI is InChI=1S/C12H12F7NO/c13-10(14)12(18,19)21-9-4-2-1-3-7(9)8(20)5-6-11(15,16)17/h1-4,8,10H,5-6,20H2/t8-/m0/s1. The Morgan fingerprint density at radius 3 is 2.14 bits per heavy atom. The van der Waals surface area contributed by atoms with Gasteiger partial charge in [0.25, 0.3) is 0 Å². The Kier molecular flexibility index (Phi) is 5.43. The van der Waals surface area contributed by atoms with E-state index in [1.54, 1.807) is 0 Å². The van der Waals surface area contributed by atoms with Crippen LogP contribution in [-0.2, 0) is 0 Å². The van der Waals surface area contributed by atoms with Gasteiger partial charge in [-0.25, -0.2) is 0 Å². The minimum atomic E-state index is -4.75. The summed E-state index contributed by atoms with van der Waals surface area (Å²) in [7, 11) is 0. The zero-order chi connectivity index (χ0) is 16.3. The Labute approximate surface area is 115 Å². The molecular weight excluding hydrogens is 307 g/mol. The number of para-hydroxylation sites is 1. The van der Waals surface area contributed by atoms with Crippen molar-refractivity contribution in [3.63, 3.8) is 0 Å². The summed E-state index contributed by atoms with van der Waals surface area (Å²) in [5, 5.41) is 0. The van der Waals surface area contributed by atoms with Crippen LogP contribution in [0.15, 0.2) is 24.3 Å². The van der Waals surface area contributed by atoms with E-state index in [1.165, 1.54) is 12.1 Å². The Balaban J connectivity index is 2.89. The molecule has 0 saturated carbocycles. The molecule has 1 rings (SSSR count). The van der Waals surface area contributed by atoms with Crippen molar-refractivity contribution in [3.8, 4) is 5.75 Å². The molecule has 0 fully saturated rings. The summed E-state index contributed by atoms with van der Waals surface area (Å²) in [5.41, 5.74) is 5.29. The zero-order valence-corrected chi connectivity index (χ0v) is 10.5. The lowest BCUT2D eigenvalue weighted by atomic mass is 10.0. The van der Waals surface area contributed by atoms with Crippen molar-refractivity contribution in [3.05, 3.63) is 29.8 Å². The van der Waals surface area contributed by atoms with Crippen molar-refractivity contribution in [1.82, 2.24) is 0 Å². The molecule has 9 heteroatoms. The van der Waals surface area contributed by atoms with Gasteiger partial charge < -0.3 is 10.5 Å². The molecule has 0 aliphatic heterocycles. The third-order valence-corrected chi connectivity index (χ3v) is 2.56. The van der Waals surface area contributed by atoms with Crippen LogP contribution >= 0.6 is 0 Å². The van der Waals surface area contributed by atoms with E-state index >= 15 is 0 Å². The zero-order valence-electron chi connectivity index (χ0n) is 10.5. The molecule has 0 saturated heterocycles. The van der Waals surface area contributed by atoms with Crippen LogP contribution in [0.5, 0.6) is 5.75 Å². The van der Waals surface area contributed by atoms with Crippen LogP contribution < -0.4 is 10.5 Å². The van der Waals surface area contributed by atoms with Crippen LogP contribution in [0, 0.1) is 0 Å². The second-order valence-electron chi connectivity index (χ2n) is 4.26. The molecule has 1 atom stereocenters. The lowest BCUT2D eigenvalue weighted by Crippen LogP contribution is -2.34. The van der Waals surface area contributed by atoms with Crippen molar-refractivity contribution < 1.29 is 35.5 Å². The van der Waals surface area contributed by atoms with Crippen molar-refractivity contribution in [1.29, 1.82) is 0 Å². The molecule has 120 valence electrons. The highest BCUT2D eigenvalue weighted by atomic mass is 19.4. The van der Waals surface area contributed by atoms with Crippen molar-refractivity contribution >= 4 is 0 Å². The molecule has 0 aliphatic carbocycles. The van der Waals surface area contributed by atoms with Gasteiger partial charge in [0.2, 0.25) is 0 Å². The van der Waals surface area contributed by atoms with Crippen LogP contribution in [0.4, 0.5) is 30.7 Å². The number of hydrogen-bond acceptors (Lipinski definition) is 2. The third-order valence-electron chi connectivity index (χ3n) is 2.56. The number of hydrogen-bond donors (Lipinski definition) is 1. The Morgan fingerprint density at radius 1 is 1.05 bits per heavy atom. The Morgan fingerprint density at radius 2 is 1.62 bits per heavy atom. The highest BCUT2D eigenvalue weighted by molar-refractivity contribution is 5.36. The van der Waals surface area contributed by atoms with E-state index in [0.29, 0.717) is 0 Å². The fraction of sp³-hybridized carbons (Fsp3) is 0.500. The fourth-order valence-electron chi connectivity index (χ4n) is 1.55. The summed E-state index contributed by atoms with van der Waals surface area (Å²) in [5.74, 6) is -0.669. The van der Waals surface area contributed by atoms with Crippen LogP contribution in [0.2, 0.25) is 0 Å². The average molecular weight is 319 g/mol. The Bertz CT molecular complexity index is 461. The van der Waals surface area contributed by atoms with Crippen LogP contribution in [-0.4, -0.2) is 18.7 Å². The number of ether oxygens (including phenoxy) is 1. The number of halogens is 7. The molecule has 0 aliphatic rings. The minimum absolute atomic E-state index is 0.193. The van der Waals surface area contributed by atoms with Crippen molar-refractivity contribution in [2.45, 2.75) is 37.6 Å². The molecule has 0 unspecified atom stereocenters. The predicted molar refractivity (Wildman–Crippen MR) is 60.2 cm³/mol. The first-order valence-corrected chi connectivity index (χ1v) is 5.79.